The number of aromatic nitrogens is 2. The van der Waals surface area contributed by atoms with E-state index in [1.165, 1.54) is 37.2 Å². The minimum Gasteiger partial charge on any atom is -0.372 e. The van der Waals surface area contributed by atoms with E-state index in [4.69, 9.17) is 0 Å². The molecule has 1 atom stereocenters. The Balaban J connectivity index is 1.54. The average molecular weight is 306 g/mol. The zero-order valence-corrected chi connectivity index (χ0v) is 13.4. The first-order valence-corrected chi connectivity index (χ1v) is 8.36. The van der Waals surface area contributed by atoms with Gasteiger partial charge in [-0.2, -0.15) is 0 Å². The van der Waals surface area contributed by atoms with Crippen LogP contribution in [0.1, 0.15) is 31.4 Å². The van der Waals surface area contributed by atoms with Gasteiger partial charge in [-0.05, 0) is 49.6 Å². The number of hydrogen-bond acceptors (Lipinski definition) is 3. The molecular weight excluding hydrogens is 284 g/mol. The molecule has 4 rings (SSSR count). The molecule has 23 heavy (non-hydrogen) atoms. The van der Waals surface area contributed by atoms with E-state index >= 15 is 0 Å². The maximum atomic E-state index is 4.60. The summed E-state index contributed by atoms with van der Waals surface area (Å²) in [7, 11) is 0. The molecule has 1 unspecified atom stereocenters. The van der Waals surface area contributed by atoms with Gasteiger partial charge in [0.05, 0.1) is 17.1 Å². The van der Waals surface area contributed by atoms with Crippen LogP contribution in [-0.2, 0) is 0 Å². The van der Waals surface area contributed by atoms with Crippen LogP contribution in [0.25, 0.3) is 11.0 Å². The molecule has 4 nitrogen and oxygen atoms in total. The van der Waals surface area contributed by atoms with Crippen molar-refractivity contribution in [1.82, 2.24) is 9.97 Å². The number of fused-ring (bicyclic) bond motifs is 1. The van der Waals surface area contributed by atoms with Crippen molar-refractivity contribution in [2.45, 2.75) is 25.8 Å². The number of benzene rings is 2. The van der Waals surface area contributed by atoms with E-state index in [1.807, 2.05) is 24.3 Å². The molecule has 2 N–H and O–H groups in total. The normalized spacial score (nSPS) is 16.0. The molecule has 1 fully saturated rings. The van der Waals surface area contributed by atoms with E-state index in [2.05, 4.69) is 51.4 Å². The van der Waals surface area contributed by atoms with Crippen molar-refractivity contribution >= 4 is 22.7 Å². The van der Waals surface area contributed by atoms with Gasteiger partial charge in [0.1, 0.15) is 0 Å². The Hall–Kier alpha value is -2.49. The first-order valence-electron chi connectivity index (χ1n) is 8.36. The van der Waals surface area contributed by atoms with Crippen LogP contribution in [0.3, 0.4) is 0 Å². The lowest BCUT2D eigenvalue weighted by Crippen LogP contribution is -2.18. The van der Waals surface area contributed by atoms with Crippen LogP contribution >= 0.6 is 0 Å². The van der Waals surface area contributed by atoms with Crippen molar-refractivity contribution in [3.63, 3.8) is 0 Å². The molecule has 118 valence electrons. The van der Waals surface area contributed by atoms with Gasteiger partial charge >= 0.3 is 0 Å². The number of anilines is 2. The van der Waals surface area contributed by atoms with E-state index in [1.54, 1.807) is 0 Å². The van der Waals surface area contributed by atoms with E-state index in [0.29, 0.717) is 0 Å². The Morgan fingerprint density at radius 2 is 1.91 bits per heavy atom. The second kappa shape index (κ2) is 5.95. The van der Waals surface area contributed by atoms with Crippen molar-refractivity contribution in [1.29, 1.82) is 0 Å². The molecule has 2 heterocycles. The zero-order chi connectivity index (χ0) is 15.6. The predicted octanol–water partition coefficient (Wildman–Crippen LogP) is 4.34. The monoisotopic (exact) mass is 306 g/mol. The number of imidazole rings is 1. The maximum Gasteiger partial charge on any atom is 0.201 e. The second-order valence-electron chi connectivity index (χ2n) is 6.26. The molecular formula is C19H22N4. The van der Waals surface area contributed by atoms with Gasteiger partial charge in [-0.3, -0.25) is 0 Å². The number of nitrogens with zero attached hydrogens (tertiary/aromatic N) is 2. The van der Waals surface area contributed by atoms with Crippen LogP contribution < -0.4 is 10.2 Å². The van der Waals surface area contributed by atoms with Crippen LogP contribution in [-0.4, -0.2) is 23.1 Å². The summed E-state index contributed by atoms with van der Waals surface area (Å²) in [4.78, 5) is 10.4. The summed E-state index contributed by atoms with van der Waals surface area (Å²) >= 11 is 0. The van der Waals surface area contributed by atoms with Gasteiger partial charge in [-0.25, -0.2) is 4.98 Å². The van der Waals surface area contributed by atoms with Gasteiger partial charge in [0.15, 0.2) is 0 Å². The summed E-state index contributed by atoms with van der Waals surface area (Å²) in [5.74, 6) is 0.824. The topological polar surface area (TPSA) is 44.0 Å². The summed E-state index contributed by atoms with van der Waals surface area (Å²) in [5.41, 5.74) is 4.68. The van der Waals surface area contributed by atoms with Gasteiger partial charge in [-0.1, -0.05) is 24.3 Å². The highest BCUT2D eigenvalue weighted by Gasteiger charge is 2.14. The molecule has 1 aromatic heterocycles. The van der Waals surface area contributed by atoms with Crippen molar-refractivity contribution in [2.75, 3.05) is 23.3 Å². The smallest absolute Gasteiger partial charge is 0.201 e. The minimum atomic E-state index is 0.207. The fourth-order valence-corrected chi connectivity index (χ4v) is 3.28. The van der Waals surface area contributed by atoms with Crippen molar-refractivity contribution in [3.8, 4) is 0 Å². The Labute approximate surface area is 136 Å². The van der Waals surface area contributed by atoms with Crippen LogP contribution in [0.5, 0.6) is 0 Å². The van der Waals surface area contributed by atoms with Crippen LogP contribution in [0.15, 0.2) is 48.5 Å². The first-order chi connectivity index (χ1) is 11.3. The number of para-hydroxylation sites is 2. The maximum absolute atomic E-state index is 4.60. The second-order valence-corrected chi connectivity index (χ2v) is 6.26. The number of hydrogen-bond donors (Lipinski definition) is 2. The SMILES string of the molecule is CC(Nc1nc2ccccc2[nH]1)c1cccc(N2CCCC2)c1. The zero-order valence-electron chi connectivity index (χ0n) is 13.4. The van der Waals surface area contributed by atoms with Crippen molar-refractivity contribution in [3.05, 3.63) is 54.1 Å². The number of aromatic amines is 1. The third-order valence-corrected chi connectivity index (χ3v) is 4.58. The van der Waals surface area contributed by atoms with Crippen molar-refractivity contribution < 1.29 is 0 Å². The molecule has 1 saturated heterocycles. The highest BCUT2D eigenvalue weighted by Crippen LogP contribution is 2.26. The quantitative estimate of drug-likeness (QED) is 0.754. The summed E-state index contributed by atoms with van der Waals surface area (Å²) in [5, 5.41) is 3.48. The van der Waals surface area contributed by atoms with E-state index in [0.717, 1.165) is 17.0 Å². The Morgan fingerprint density at radius 1 is 1.09 bits per heavy atom. The fourth-order valence-electron chi connectivity index (χ4n) is 3.28. The molecule has 3 aromatic rings. The van der Waals surface area contributed by atoms with Gasteiger partial charge in [0.25, 0.3) is 0 Å². The number of nitrogens with one attached hydrogen (secondary N) is 2. The Morgan fingerprint density at radius 3 is 2.74 bits per heavy atom. The van der Waals surface area contributed by atoms with Crippen LogP contribution in [0.4, 0.5) is 11.6 Å². The third kappa shape index (κ3) is 2.89. The van der Waals surface area contributed by atoms with Gasteiger partial charge < -0.3 is 15.2 Å². The molecule has 0 radical (unpaired) electrons. The van der Waals surface area contributed by atoms with E-state index < -0.39 is 0 Å². The fraction of sp³-hybridized carbons (Fsp3) is 0.316. The molecule has 2 aromatic carbocycles. The lowest BCUT2D eigenvalue weighted by Gasteiger charge is -2.20. The number of H-pyrrole nitrogens is 1. The largest absolute Gasteiger partial charge is 0.372 e. The first kappa shape index (κ1) is 14.1. The predicted molar refractivity (Wildman–Crippen MR) is 96.0 cm³/mol. The molecule has 0 spiro atoms. The minimum absolute atomic E-state index is 0.207. The Kier molecular flexibility index (Phi) is 3.66. The Bertz CT molecular complexity index is 769. The highest BCUT2D eigenvalue weighted by molar-refractivity contribution is 5.77. The third-order valence-electron chi connectivity index (χ3n) is 4.58. The van der Waals surface area contributed by atoms with Crippen LogP contribution in [0, 0.1) is 0 Å². The van der Waals surface area contributed by atoms with E-state index in [9.17, 15) is 0 Å². The molecule has 1 aliphatic rings. The molecule has 1 aliphatic heterocycles. The van der Waals surface area contributed by atoms with E-state index in [-0.39, 0.29) is 6.04 Å². The van der Waals surface area contributed by atoms with Gasteiger partial charge in [0, 0.05) is 18.8 Å². The molecule has 0 bridgehead atoms. The standard InChI is InChI=1S/C19H22N4/c1-14(20-19-21-17-9-2-3-10-18(17)22-19)15-7-6-8-16(13-15)23-11-4-5-12-23/h2-3,6-10,13-14H,4-5,11-12H2,1H3,(H2,20,21,22). The summed E-state index contributed by atoms with van der Waals surface area (Å²) < 4.78 is 0. The summed E-state index contributed by atoms with van der Waals surface area (Å²) in [6.45, 7) is 4.53. The highest BCUT2D eigenvalue weighted by atomic mass is 15.1. The van der Waals surface area contributed by atoms with Gasteiger partial charge in [-0.15, -0.1) is 0 Å². The molecule has 0 saturated carbocycles. The van der Waals surface area contributed by atoms with Crippen molar-refractivity contribution in [2.24, 2.45) is 0 Å². The van der Waals surface area contributed by atoms with Gasteiger partial charge in [0.2, 0.25) is 5.95 Å². The summed E-state index contributed by atoms with van der Waals surface area (Å²) in [6.07, 6.45) is 2.61. The lowest BCUT2D eigenvalue weighted by molar-refractivity contribution is 0.864. The van der Waals surface area contributed by atoms with Crippen LogP contribution in [0.2, 0.25) is 0 Å². The average Bonchev–Trinajstić information content (AvgIpc) is 3.24. The summed E-state index contributed by atoms with van der Waals surface area (Å²) in [6, 6.07) is 17.2. The molecule has 4 heteroatoms. The lowest BCUT2D eigenvalue weighted by atomic mass is 10.1. The molecule has 0 amide bonds. The molecule has 0 aliphatic carbocycles. The number of rotatable bonds is 4.